The molecule has 0 spiro atoms. The lowest BCUT2D eigenvalue weighted by Crippen LogP contribution is -2.64. The molecule has 2 atom stereocenters. The van der Waals surface area contributed by atoms with Crippen LogP contribution in [0.25, 0.3) is 0 Å². The van der Waals surface area contributed by atoms with E-state index in [4.69, 9.17) is 14.5 Å². The predicted molar refractivity (Wildman–Crippen MR) is 127 cm³/mol. The molecule has 3 amide bonds. The van der Waals surface area contributed by atoms with Crippen molar-refractivity contribution in [2.45, 2.75) is 26.1 Å². The van der Waals surface area contributed by atoms with Crippen molar-refractivity contribution in [1.82, 2.24) is 14.7 Å². The quantitative estimate of drug-likeness (QED) is 0.588. The topological polar surface area (TPSA) is 77.9 Å². The van der Waals surface area contributed by atoms with Gasteiger partial charge in [0.2, 0.25) is 5.96 Å². The van der Waals surface area contributed by atoms with E-state index < -0.39 is 12.2 Å². The number of guanidine groups is 1. The summed E-state index contributed by atoms with van der Waals surface area (Å²) < 4.78 is 11.3. The number of urea groups is 1. The molecule has 2 aromatic rings. The molecule has 176 valence electrons. The molecule has 0 saturated carbocycles. The smallest absolute Gasteiger partial charge is 0.328 e. The number of fused-ring (bicyclic) bond motifs is 3. The van der Waals surface area contributed by atoms with E-state index >= 15 is 0 Å². The number of carbonyl (C=O) groups excluding carboxylic acids is 2. The van der Waals surface area contributed by atoms with Crippen LogP contribution >= 0.6 is 0 Å². The first kappa shape index (κ1) is 22.0. The Balaban J connectivity index is 1.37. The highest BCUT2D eigenvalue weighted by atomic mass is 16.5. The minimum atomic E-state index is -0.597. The number of para-hydroxylation sites is 1. The van der Waals surface area contributed by atoms with E-state index in [2.05, 4.69) is 0 Å². The van der Waals surface area contributed by atoms with Crippen molar-refractivity contribution in [2.24, 2.45) is 4.99 Å². The van der Waals surface area contributed by atoms with Crippen LogP contribution in [-0.2, 0) is 9.53 Å². The van der Waals surface area contributed by atoms with Gasteiger partial charge in [0.25, 0.3) is 5.91 Å². The van der Waals surface area contributed by atoms with Crippen molar-refractivity contribution < 1.29 is 19.1 Å². The second-order valence-electron chi connectivity index (χ2n) is 8.29. The lowest BCUT2D eigenvalue weighted by Gasteiger charge is -2.40. The molecule has 1 saturated heterocycles. The van der Waals surface area contributed by atoms with Crippen LogP contribution in [0.15, 0.2) is 71.5 Å². The van der Waals surface area contributed by atoms with Gasteiger partial charge in [-0.2, -0.15) is 0 Å². The van der Waals surface area contributed by atoms with Gasteiger partial charge in [-0.3, -0.25) is 14.6 Å². The molecule has 0 N–H and O–H groups in total. The van der Waals surface area contributed by atoms with Crippen molar-refractivity contribution in [2.75, 3.05) is 31.7 Å². The highest BCUT2D eigenvalue weighted by Gasteiger charge is 2.54. The highest BCUT2D eigenvalue weighted by Crippen LogP contribution is 2.37. The number of amides is 3. The van der Waals surface area contributed by atoms with Crippen LogP contribution < -0.4 is 9.64 Å². The van der Waals surface area contributed by atoms with E-state index in [1.54, 1.807) is 7.05 Å². The maximum absolute atomic E-state index is 13.3. The Bertz CT molecular complexity index is 1150. The lowest BCUT2D eigenvalue weighted by atomic mass is 10.1. The molecule has 0 aliphatic carbocycles. The summed E-state index contributed by atoms with van der Waals surface area (Å²) in [5, 5.41) is 0. The van der Waals surface area contributed by atoms with Gasteiger partial charge in [0, 0.05) is 31.2 Å². The van der Waals surface area contributed by atoms with Gasteiger partial charge in [-0.15, -0.1) is 0 Å². The number of hydrogen-bond donors (Lipinski definition) is 0. The molecule has 2 unspecified atom stereocenters. The minimum absolute atomic E-state index is 0.220. The molecule has 2 aromatic carbocycles. The van der Waals surface area contributed by atoms with Crippen LogP contribution in [0.1, 0.15) is 13.8 Å². The Labute approximate surface area is 198 Å². The average molecular weight is 462 g/mol. The monoisotopic (exact) mass is 461 g/mol. The molecule has 34 heavy (non-hydrogen) atoms. The molecule has 3 aliphatic heterocycles. The van der Waals surface area contributed by atoms with Crippen LogP contribution in [0.5, 0.6) is 11.5 Å². The fourth-order valence-electron chi connectivity index (χ4n) is 4.47. The fourth-order valence-corrected chi connectivity index (χ4v) is 4.47. The number of aliphatic imine (C=N–C) groups is 1. The van der Waals surface area contributed by atoms with Gasteiger partial charge in [-0.05, 0) is 50.2 Å². The highest BCUT2D eigenvalue weighted by molar-refractivity contribution is 6.09. The number of anilines is 1. The van der Waals surface area contributed by atoms with Crippen molar-refractivity contribution in [3.05, 3.63) is 66.5 Å². The Morgan fingerprint density at radius 3 is 2.41 bits per heavy atom. The normalized spacial score (nSPS) is 21.5. The molecule has 9 heteroatoms. The molecular weight excluding hydrogens is 434 g/mol. The van der Waals surface area contributed by atoms with E-state index in [1.165, 1.54) is 9.80 Å². The lowest BCUT2D eigenvalue weighted by molar-refractivity contribution is -0.137. The first-order valence-corrected chi connectivity index (χ1v) is 11.3. The summed E-state index contributed by atoms with van der Waals surface area (Å²) in [4.78, 5) is 37.6. The minimum Gasteiger partial charge on any atom is -0.457 e. The average Bonchev–Trinajstić information content (AvgIpc) is 3.36. The molecule has 0 radical (unpaired) electrons. The number of nitrogens with zero attached hydrogens (tertiary/aromatic N) is 5. The zero-order valence-corrected chi connectivity index (χ0v) is 19.4. The van der Waals surface area contributed by atoms with E-state index in [1.807, 2.05) is 84.4 Å². The summed E-state index contributed by atoms with van der Waals surface area (Å²) in [5.74, 6) is 1.86. The SMILES string of the molecule is CCOCCN1C(=O)C2C(N=C3N(c4ccc(Oc5ccccc5)cc4)C(C)=CN32)N(C)C1=O. The van der Waals surface area contributed by atoms with Crippen LogP contribution in [0.2, 0.25) is 0 Å². The zero-order chi connectivity index (χ0) is 23.8. The van der Waals surface area contributed by atoms with Gasteiger partial charge in [-0.1, -0.05) is 18.2 Å². The number of likely N-dealkylation sites (N-methyl/N-ethyl adjacent to an activating group) is 1. The fraction of sp³-hybridized carbons (Fsp3) is 0.320. The molecule has 0 aromatic heterocycles. The third kappa shape index (κ3) is 3.67. The number of hydrogen-bond acceptors (Lipinski definition) is 7. The number of imide groups is 1. The van der Waals surface area contributed by atoms with E-state index in [0.717, 1.165) is 22.9 Å². The van der Waals surface area contributed by atoms with Crippen LogP contribution in [-0.4, -0.2) is 71.6 Å². The Morgan fingerprint density at radius 2 is 1.71 bits per heavy atom. The number of allylic oxidation sites excluding steroid dienone is 1. The van der Waals surface area contributed by atoms with Gasteiger partial charge in [0.1, 0.15) is 11.5 Å². The number of benzene rings is 2. The van der Waals surface area contributed by atoms with E-state index in [0.29, 0.717) is 19.2 Å². The molecule has 0 bridgehead atoms. The van der Waals surface area contributed by atoms with Crippen molar-refractivity contribution in [3.63, 3.8) is 0 Å². The Hall–Kier alpha value is -3.85. The molecule has 3 heterocycles. The summed E-state index contributed by atoms with van der Waals surface area (Å²) in [6.45, 7) is 4.91. The Kier molecular flexibility index (Phi) is 5.70. The van der Waals surface area contributed by atoms with Crippen molar-refractivity contribution >= 4 is 23.6 Å². The zero-order valence-electron chi connectivity index (χ0n) is 19.4. The molecule has 1 fully saturated rings. The number of ether oxygens (including phenoxy) is 2. The molecule has 9 nitrogen and oxygen atoms in total. The van der Waals surface area contributed by atoms with Gasteiger partial charge in [0.15, 0.2) is 12.2 Å². The number of carbonyl (C=O) groups is 2. The molecule has 5 rings (SSSR count). The predicted octanol–water partition coefficient (Wildman–Crippen LogP) is 3.46. The molecular formula is C25H27N5O4. The van der Waals surface area contributed by atoms with Gasteiger partial charge in [-0.25, -0.2) is 9.79 Å². The van der Waals surface area contributed by atoms with Crippen LogP contribution in [0.3, 0.4) is 0 Å². The van der Waals surface area contributed by atoms with Gasteiger partial charge in [0.05, 0.1) is 13.2 Å². The largest absolute Gasteiger partial charge is 0.457 e. The van der Waals surface area contributed by atoms with Gasteiger partial charge < -0.3 is 19.3 Å². The maximum Gasteiger partial charge on any atom is 0.328 e. The van der Waals surface area contributed by atoms with Crippen molar-refractivity contribution in [1.29, 1.82) is 0 Å². The number of rotatable bonds is 7. The summed E-state index contributed by atoms with van der Waals surface area (Å²) in [5.41, 5.74) is 1.82. The van der Waals surface area contributed by atoms with Crippen molar-refractivity contribution in [3.8, 4) is 11.5 Å². The van der Waals surface area contributed by atoms with Gasteiger partial charge >= 0.3 is 6.03 Å². The third-order valence-electron chi connectivity index (χ3n) is 6.13. The molecule has 3 aliphatic rings. The Morgan fingerprint density at radius 1 is 1.00 bits per heavy atom. The first-order valence-electron chi connectivity index (χ1n) is 11.3. The third-order valence-corrected chi connectivity index (χ3v) is 6.13. The summed E-state index contributed by atoms with van der Waals surface area (Å²) in [6, 6.07) is 16.4. The summed E-state index contributed by atoms with van der Waals surface area (Å²) >= 11 is 0. The maximum atomic E-state index is 13.3. The van der Waals surface area contributed by atoms with E-state index in [-0.39, 0.29) is 18.5 Å². The van der Waals surface area contributed by atoms with Crippen LogP contribution in [0.4, 0.5) is 10.5 Å². The second-order valence-corrected chi connectivity index (χ2v) is 8.29. The summed E-state index contributed by atoms with van der Waals surface area (Å²) in [6.07, 6.45) is 1.34. The summed E-state index contributed by atoms with van der Waals surface area (Å²) in [7, 11) is 1.68. The van der Waals surface area contributed by atoms with Crippen LogP contribution in [0, 0.1) is 0 Å². The standard InChI is InChI=1S/C25H27N5O4/c1-4-33-15-14-28-23(31)21-22(27(3)25(28)32)26-24-29(21)16-17(2)30(24)18-10-12-20(13-11-18)34-19-8-6-5-7-9-19/h5-13,16,21-22H,4,14-15H2,1-3H3. The second kappa shape index (κ2) is 8.83. The van der Waals surface area contributed by atoms with E-state index in [9.17, 15) is 9.59 Å². The first-order chi connectivity index (χ1) is 16.5.